The smallest absolute Gasteiger partial charge is 0.0276 e. The second-order valence-electron chi connectivity index (χ2n) is 5.03. The predicted octanol–water partition coefficient (Wildman–Crippen LogP) is 5.12. The van der Waals surface area contributed by atoms with E-state index < -0.39 is 0 Å². The normalized spacial score (nSPS) is 10.8. The van der Waals surface area contributed by atoms with Crippen molar-refractivity contribution in [1.82, 2.24) is 0 Å². The standard InChI is InChI=1S/C16H26/c1-5-6-7-8-9-10-16-12-14(3)13(2)11-15(16)4/h11-12H,5-10H2,1-4H3. The van der Waals surface area contributed by atoms with Crippen molar-refractivity contribution in [3.8, 4) is 0 Å². The molecule has 0 saturated carbocycles. The molecule has 1 rings (SSSR count). The van der Waals surface area contributed by atoms with Crippen LogP contribution >= 0.6 is 0 Å². The van der Waals surface area contributed by atoms with E-state index in [1.165, 1.54) is 55.2 Å². The minimum absolute atomic E-state index is 1.26. The minimum Gasteiger partial charge on any atom is -0.0654 e. The van der Waals surface area contributed by atoms with E-state index in [9.17, 15) is 0 Å². The van der Waals surface area contributed by atoms with Gasteiger partial charge in [0.25, 0.3) is 0 Å². The third-order valence-corrected chi connectivity index (χ3v) is 3.50. The maximum absolute atomic E-state index is 2.38. The van der Waals surface area contributed by atoms with Crippen molar-refractivity contribution in [3.05, 3.63) is 34.4 Å². The van der Waals surface area contributed by atoms with Gasteiger partial charge in [0.05, 0.1) is 0 Å². The van der Waals surface area contributed by atoms with Crippen LogP contribution in [0.1, 0.15) is 61.3 Å². The number of unbranched alkanes of at least 4 members (excludes halogenated alkanes) is 4. The quantitative estimate of drug-likeness (QED) is 0.581. The molecule has 0 unspecified atom stereocenters. The van der Waals surface area contributed by atoms with E-state index >= 15 is 0 Å². The Kier molecular flexibility index (Phi) is 5.59. The molecule has 90 valence electrons. The van der Waals surface area contributed by atoms with E-state index in [-0.39, 0.29) is 0 Å². The van der Waals surface area contributed by atoms with Crippen LogP contribution in [0, 0.1) is 20.8 Å². The first-order chi connectivity index (χ1) is 7.65. The first-order valence-electron chi connectivity index (χ1n) is 6.72. The molecule has 0 heteroatoms. The van der Waals surface area contributed by atoms with Gasteiger partial charge in [-0.15, -0.1) is 0 Å². The Hall–Kier alpha value is -0.780. The van der Waals surface area contributed by atoms with E-state index in [0.717, 1.165) is 0 Å². The molecule has 0 aromatic heterocycles. The predicted molar refractivity (Wildman–Crippen MR) is 73.1 cm³/mol. The van der Waals surface area contributed by atoms with Crippen LogP contribution in [-0.4, -0.2) is 0 Å². The Balaban J connectivity index is 2.45. The number of aryl methyl sites for hydroxylation is 4. The van der Waals surface area contributed by atoms with Crippen molar-refractivity contribution < 1.29 is 0 Å². The molecule has 0 bridgehead atoms. The number of benzene rings is 1. The first kappa shape index (κ1) is 13.3. The zero-order valence-corrected chi connectivity index (χ0v) is 11.4. The molecule has 0 aliphatic heterocycles. The van der Waals surface area contributed by atoms with Gasteiger partial charge in [-0.2, -0.15) is 0 Å². The van der Waals surface area contributed by atoms with Crippen LogP contribution in [0.3, 0.4) is 0 Å². The topological polar surface area (TPSA) is 0 Å². The van der Waals surface area contributed by atoms with Crippen molar-refractivity contribution >= 4 is 0 Å². The summed E-state index contributed by atoms with van der Waals surface area (Å²) >= 11 is 0. The molecule has 0 saturated heterocycles. The molecule has 0 spiro atoms. The van der Waals surface area contributed by atoms with Gasteiger partial charge < -0.3 is 0 Å². The van der Waals surface area contributed by atoms with Crippen molar-refractivity contribution in [1.29, 1.82) is 0 Å². The fourth-order valence-corrected chi connectivity index (χ4v) is 2.21. The first-order valence-corrected chi connectivity index (χ1v) is 6.72. The van der Waals surface area contributed by atoms with Crippen LogP contribution in [0.5, 0.6) is 0 Å². The average molecular weight is 218 g/mol. The molecule has 1 aromatic rings. The summed E-state index contributed by atoms with van der Waals surface area (Å²) in [6.45, 7) is 8.93. The third kappa shape index (κ3) is 4.00. The van der Waals surface area contributed by atoms with E-state index in [0.29, 0.717) is 0 Å². The van der Waals surface area contributed by atoms with Crippen LogP contribution in [0.2, 0.25) is 0 Å². The zero-order valence-electron chi connectivity index (χ0n) is 11.4. The lowest BCUT2D eigenvalue weighted by atomic mass is 9.96. The summed E-state index contributed by atoms with van der Waals surface area (Å²) in [7, 11) is 0. The lowest BCUT2D eigenvalue weighted by Crippen LogP contribution is -1.93. The molecule has 0 radical (unpaired) electrons. The average Bonchev–Trinajstić information content (AvgIpc) is 2.25. The van der Waals surface area contributed by atoms with Crippen LogP contribution in [0.4, 0.5) is 0 Å². The van der Waals surface area contributed by atoms with Gasteiger partial charge in [0.15, 0.2) is 0 Å². The summed E-state index contributed by atoms with van der Waals surface area (Å²) in [4.78, 5) is 0. The van der Waals surface area contributed by atoms with Gasteiger partial charge in [-0.1, -0.05) is 44.7 Å². The van der Waals surface area contributed by atoms with E-state index in [1.54, 1.807) is 5.56 Å². The van der Waals surface area contributed by atoms with Crippen LogP contribution < -0.4 is 0 Å². The Morgan fingerprint density at radius 2 is 1.38 bits per heavy atom. The van der Waals surface area contributed by atoms with Crippen LogP contribution in [0.15, 0.2) is 12.1 Å². The van der Waals surface area contributed by atoms with Gasteiger partial charge >= 0.3 is 0 Å². The molecule has 1 aromatic carbocycles. The molecule has 0 N–H and O–H groups in total. The van der Waals surface area contributed by atoms with Gasteiger partial charge in [0.1, 0.15) is 0 Å². The van der Waals surface area contributed by atoms with Crippen LogP contribution in [0.25, 0.3) is 0 Å². The van der Waals surface area contributed by atoms with Crippen LogP contribution in [-0.2, 0) is 6.42 Å². The molecule has 0 aliphatic rings. The molecule has 16 heavy (non-hydrogen) atoms. The Morgan fingerprint density at radius 1 is 0.750 bits per heavy atom. The summed E-state index contributed by atoms with van der Waals surface area (Å²) in [5, 5.41) is 0. The highest BCUT2D eigenvalue weighted by Gasteiger charge is 2.01. The molecule has 0 fully saturated rings. The maximum Gasteiger partial charge on any atom is -0.0276 e. The van der Waals surface area contributed by atoms with E-state index in [4.69, 9.17) is 0 Å². The summed E-state index contributed by atoms with van der Waals surface area (Å²) in [5.41, 5.74) is 5.89. The van der Waals surface area contributed by atoms with Crippen molar-refractivity contribution in [3.63, 3.8) is 0 Å². The van der Waals surface area contributed by atoms with Gasteiger partial charge in [0.2, 0.25) is 0 Å². The van der Waals surface area contributed by atoms with Gasteiger partial charge in [-0.05, 0) is 55.9 Å². The minimum atomic E-state index is 1.26. The summed E-state index contributed by atoms with van der Waals surface area (Å²) in [6, 6.07) is 4.71. The van der Waals surface area contributed by atoms with Crippen molar-refractivity contribution in [2.45, 2.75) is 66.2 Å². The van der Waals surface area contributed by atoms with Gasteiger partial charge in [-0.25, -0.2) is 0 Å². The number of hydrogen-bond acceptors (Lipinski definition) is 0. The summed E-state index contributed by atoms with van der Waals surface area (Å²) < 4.78 is 0. The third-order valence-electron chi connectivity index (χ3n) is 3.50. The largest absolute Gasteiger partial charge is 0.0654 e. The lowest BCUT2D eigenvalue weighted by Gasteiger charge is -2.09. The highest BCUT2D eigenvalue weighted by atomic mass is 14.1. The second-order valence-corrected chi connectivity index (χ2v) is 5.03. The summed E-state index contributed by atoms with van der Waals surface area (Å²) in [5.74, 6) is 0. The monoisotopic (exact) mass is 218 g/mol. The Labute approximate surface area is 101 Å². The second kappa shape index (κ2) is 6.73. The fourth-order valence-electron chi connectivity index (χ4n) is 2.21. The zero-order chi connectivity index (χ0) is 12.0. The van der Waals surface area contributed by atoms with Gasteiger partial charge in [-0.3, -0.25) is 0 Å². The van der Waals surface area contributed by atoms with Gasteiger partial charge in [0, 0.05) is 0 Å². The van der Waals surface area contributed by atoms with Crippen molar-refractivity contribution in [2.75, 3.05) is 0 Å². The van der Waals surface area contributed by atoms with E-state index in [1.807, 2.05) is 0 Å². The molecular formula is C16H26. The maximum atomic E-state index is 2.38. The number of hydrogen-bond donors (Lipinski definition) is 0. The summed E-state index contributed by atoms with van der Waals surface area (Å²) in [6.07, 6.45) is 8.13. The molecule has 0 aliphatic carbocycles. The Morgan fingerprint density at radius 3 is 2.06 bits per heavy atom. The molecular weight excluding hydrogens is 192 g/mol. The highest BCUT2D eigenvalue weighted by molar-refractivity contribution is 5.36. The molecule has 0 heterocycles. The molecule has 0 nitrogen and oxygen atoms in total. The highest BCUT2D eigenvalue weighted by Crippen LogP contribution is 2.18. The fraction of sp³-hybridized carbons (Fsp3) is 0.625. The molecule has 0 amide bonds. The Bertz CT molecular complexity index is 323. The SMILES string of the molecule is CCCCCCCc1cc(C)c(C)cc1C. The van der Waals surface area contributed by atoms with E-state index in [2.05, 4.69) is 39.8 Å². The molecule has 0 atom stereocenters. The lowest BCUT2D eigenvalue weighted by molar-refractivity contribution is 0.631. The number of rotatable bonds is 6. The van der Waals surface area contributed by atoms with Crippen molar-refractivity contribution in [2.24, 2.45) is 0 Å².